The Morgan fingerprint density at radius 1 is 1.22 bits per heavy atom. The van der Waals surface area contributed by atoms with Gasteiger partial charge in [-0.25, -0.2) is 9.37 Å². The van der Waals surface area contributed by atoms with Crippen LogP contribution in [-0.4, -0.2) is 28.6 Å². The van der Waals surface area contributed by atoms with Crippen LogP contribution in [0.4, 0.5) is 10.2 Å². The number of hydrogen-bond acceptors (Lipinski definition) is 3. The number of nitrogens with one attached hydrogen (secondary N) is 1. The van der Waals surface area contributed by atoms with Crippen molar-refractivity contribution < 1.29 is 9.13 Å². The van der Waals surface area contributed by atoms with Gasteiger partial charge < -0.3 is 10.1 Å². The first-order valence-corrected chi connectivity index (χ1v) is 7.90. The number of benzene rings is 1. The van der Waals surface area contributed by atoms with Gasteiger partial charge in [0.25, 0.3) is 0 Å². The fourth-order valence-electron chi connectivity index (χ4n) is 3.02. The second-order valence-electron chi connectivity index (χ2n) is 5.73. The molecule has 0 bridgehead atoms. The predicted octanol–water partition coefficient (Wildman–Crippen LogP) is 3.73. The van der Waals surface area contributed by atoms with Gasteiger partial charge in [0.1, 0.15) is 23.0 Å². The van der Waals surface area contributed by atoms with Crippen molar-refractivity contribution in [2.24, 2.45) is 0 Å². The number of ether oxygens (including phenoxy) is 1. The number of halogens is 1. The number of fused-ring (bicyclic) bond motifs is 1. The van der Waals surface area contributed by atoms with Crippen LogP contribution in [0.15, 0.2) is 48.7 Å². The first-order valence-electron chi connectivity index (χ1n) is 7.90. The molecule has 1 aromatic carbocycles. The Labute approximate surface area is 133 Å². The lowest BCUT2D eigenvalue weighted by Crippen LogP contribution is -2.19. The van der Waals surface area contributed by atoms with E-state index in [-0.39, 0.29) is 11.9 Å². The number of imidazole rings is 1. The minimum Gasteiger partial charge on any atom is -0.376 e. The molecule has 3 aromatic rings. The summed E-state index contributed by atoms with van der Waals surface area (Å²) in [5.74, 6) is 0.539. The summed E-state index contributed by atoms with van der Waals surface area (Å²) >= 11 is 0. The van der Waals surface area contributed by atoms with E-state index in [4.69, 9.17) is 4.74 Å². The molecule has 118 valence electrons. The van der Waals surface area contributed by atoms with E-state index < -0.39 is 0 Å². The quantitative estimate of drug-likeness (QED) is 0.798. The summed E-state index contributed by atoms with van der Waals surface area (Å²) in [7, 11) is 0. The Kier molecular flexibility index (Phi) is 3.71. The molecular weight excluding hydrogens is 293 g/mol. The maximum atomic E-state index is 14.2. The Morgan fingerprint density at radius 2 is 2.09 bits per heavy atom. The van der Waals surface area contributed by atoms with E-state index in [2.05, 4.69) is 10.3 Å². The minimum atomic E-state index is -0.268. The zero-order valence-corrected chi connectivity index (χ0v) is 12.7. The summed E-state index contributed by atoms with van der Waals surface area (Å²) in [6, 6.07) is 12.5. The highest BCUT2D eigenvalue weighted by Crippen LogP contribution is 2.30. The van der Waals surface area contributed by atoms with E-state index in [1.54, 1.807) is 12.1 Å². The van der Waals surface area contributed by atoms with Crippen LogP contribution in [0.5, 0.6) is 0 Å². The Balaban J connectivity index is 1.76. The lowest BCUT2D eigenvalue weighted by molar-refractivity contribution is 0.120. The molecule has 1 atom stereocenters. The first kappa shape index (κ1) is 14.2. The molecule has 0 spiro atoms. The van der Waals surface area contributed by atoms with E-state index in [0.717, 1.165) is 30.9 Å². The average molecular weight is 311 g/mol. The van der Waals surface area contributed by atoms with Crippen molar-refractivity contribution in [3.05, 3.63) is 54.5 Å². The Bertz CT molecular complexity index is 824. The van der Waals surface area contributed by atoms with Crippen LogP contribution in [0.1, 0.15) is 12.8 Å². The molecule has 4 nitrogen and oxygen atoms in total. The van der Waals surface area contributed by atoms with Crippen molar-refractivity contribution in [3.8, 4) is 11.3 Å². The molecule has 1 fully saturated rings. The fraction of sp³-hybridized carbons (Fsp3) is 0.278. The number of anilines is 1. The monoisotopic (exact) mass is 311 g/mol. The summed E-state index contributed by atoms with van der Waals surface area (Å²) in [5, 5.41) is 3.41. The van der Waals surface area contributed by atoms with Crippen molar-refractivity contribution >= 4 is 11.5 Å². The molecule has 3 heterocycles. The van der Waals surface area contributed by atoms with Crippen LogP contribution in [0.3, 0.4) is 0 Å². The van der Waals surface area contributed by atoms with Crippen LogP contribution in [0, 0.1) is 5.82 Å². The fourth-order valence-corrected chi connectivity index (χ4v) is 3.02. The maximum absolute atomic E-state index is 14.2. The molecule has 5 heteroatoms. The van der Waals surface area contributed by atoms with E-state index in [9.17, 15) is 4.39 Å². The summed E-state index contributed by atoms with van der Waals surface area (Å²) in [6.45, 7) is 1.52. The van der Waals surface area contributed by atoms with Crippen molar-refractivity contribution in [1.29, 1.82) is 0 Å². The Morgan fingerprint density at radius 3 is 2.91 bits per heavy atom. The zero-order chi connectivity index (χ0) is 15.6. The number of rotatable bonds is 4. The molecule has 23 heavy (non-hydrogen) atoms. The SMILES string of the molecule is Fc1ccccc1-c1nc2ccccn2c1NC[C@H]1CCCO1. The summed E-state index contributed by atoms with van der Waals surface area (Å²) in [6.07, 6.45) is 4.29. The summed E-state index contributed by atoms with van der Waals surface area (Å²) < 4.78 is 21.8. The molecule has 1 aliphatic rings. The minimum absolute atomic E-state index is 0.206. The van der Waals surface area contributed by atoms with Crippen LogP contribution < -0.4 is 5.32 Å². The highest BCUT2D eigenvalue weighted by Gasteiger charge is 2.20. The molecule has 0 radical (unpaired) electrons. The number of hydrogen-bond donors (Lipinski definition) is 1. The molecule has 1 N–H and O–H groups in total. The Hall–Kier alpha value is -2.40. The molecule has 0 saturated carbocycles. The van der Waals surface area contributed by atoms with E-state index in [0.29, 0.717) is 17.8 Å². The van der Waals surface area contributed by atoms with E-state index in [1.165, 1.54) is 6.07 Å². The summed E-state index contributed by atoms with van der Waals surface area (Å²) in [4.78, 5) is 4.61. The van der Waals surface area contributed by atoms with Gasteiger partial charge in [-0.05, 0) is 37.1 Å². The smallest absolute Gasteiger partial charge is 0.139 e. The van der Waals surface area contributed by atoms with Gasteiger partial charge in [-0.3, -0.25) is 4.40 Å². The van der Waals surface area contributed by atoms with E-state index >= 15 is 0 Å². The van der Waals surface area contributed by atoms with Crippen LogP contribution in [-0.2, 0) is 4.74 Å². The first-order chi connectivity index (χ1) is 11.3. The third kappa shape index (κ3) is 2.68. The van der Waals surface area contributed by atoms with Crippen molar-refractivity contribution in [1.82, 2.24) is 9.38 Å². The molecule has 4 rings (SSSR count). The molecule has 1 saturated heterocycles. The molecule has 0 amide bonds. The number of nitrogens with zero attached hydrogens (tertiary/aromatic N) is 2. The maximum Gasteiger partial charge on any atom is 0.139 e. The van der Waals surface area contributed by atoms with Crippen LogP contribution >= 0.6 is 0 Å². The second kappa shape index (κ2) is 6.01. The molecule has 1 aliphatic heterocycles. The van der Waals surface area contributed by atoms with Crippen LogP contribution in [0.25, 0.3) is 16.9 Å². The highest BCUT2D eigenvalue weighted by atomic mass is 19.1. The zero-order valence-electron chi connectivity index (χ0n) is 12.7. The number of pyridine rings is 1. The summed E-state index contributed by atoms with van der Waals surface area (Å²) in [5.41, 5.74) is 1.93. The lowest BCUT2D eigenvalue weighted by Gasteiger charge is -2.13. The topological polar surface area (TPSA) is 38.6 Å². The number of aromatic nitrogens is 2. The van der Waals surface area contributed by atoms with Gasteiger partial charge in [0.2, 0.25) is 0 Å². The highest BCUT2D eigenvalue weighted by molar-refractivity contribution is 5.76. The predicted molar refractivity (Wildman–Crippen MR) is 88.0 cm³/mol. The molecular formula is C18H18FN3O. The average Bonchev–Trinajstić information content (AvgIpc) is 3.21. The largest absolute Gasteiger partial charge is 0.376 e. The second-order valence-corrected chi connectivity index (χ2v) is 5.73. The normalized spacial score (nSPS) is 17.7. The van der Waals surface area contributed by atoms with Crippen molar-refractivity contribution in [2.45, 2.75) is 18.9 Å². The van der Waals surface area contributed by atoms with E-state index in [1.807, 2.05) is 34.9 Å². The molecule has 2 aromatic heterocycles. The van der Waals surface area contributed by atoms with Gasteiger partial charge in [0, 0.05) is 24.9 Å². The van der Waals surface area contributed by atoms with Crippen molar-refractivity contribution in [2.75, 3.05) is 18.5 Å². The van der Waals surface area contributed by atoms with Crippen LogP contribution in [0.2, 0.25) is 0 Å². The van der Waals surface area contributed by atoms with Gasteiger partial charge in [-0.2, -0.15) is 0 Å². The standard InChI is InChI=1S/C18H18FN3O/c19-15-8-2-1-7-14(15)17-18(20-12-13-6-5-11-23-13)22-10-4-3-9-16(22)21-17/h1-4,7-10,13,20H,5-6,11-12H2/t13-/m1/s1. The van der Waals surface area contributed by atoms with Gasteiger partial charge >= 0.3 is 0 Å². The van der Waals surface area contributed by atoms with Crippen molar-refractivity contribution in [3.63, 3.8) is 0 Å². The van der Waals surface area contributed by atoms with Gasteiger partial charge in [0.15, 0.2) is 0 Å². The lowest BCUT2D eigenvalue weighted by atomic mass is 10.1. The third-order valence-electron chi connectivity index (χ3n) is 4.18. The third-order valence-corrected chi connectivity index (χ3v) is 4.18. The van der Waals surface area contributed by atoms with Gasteiger partial charge in [0.05, 0.1) is 6.10 Å². The molecule has 0 unspecified atom stereocenters. The molecule has 0 aliphatic carbocycles. The van der Waals surface area contributed by atoms with Gasteiger partial charge in [-0.15, -0.1) is 0 Å². The van der Waals surface area contributed by atoms with Gasteiger partial charge in [-0.1, -0.05) is 18.2 Å².